The molecule has 0 amide bonds. The van der Waals surface area contributed by atoms with Crippen molar-refractivity contribution >= 4 is 33.5 Å². The van der Waals surface area contributed by atoms with Crippen LogP contribution >= 0.6 is 27.7 Å². The predicted octanol–water partition coefficient (Wildman–Crippen LogP) is 2.48. The van der Waals surface area contributed by atoms with Gasteiger partial charge in [-0.15, -0.1) is 0 Å². The van der Waals surface area contributed by atoms with Crippen molar-refractivity contribution in [3.8, 4) is 0 Å². The third-order valence-electron chi connectivity index (χ3n) is 2.11. The number of hydrogen-bond donors (Lipinski definition) is 2. The average molecular weight is 325 g/mol. The Bertz CT molecular complexity index is 577. The summed E-state index contributed by atoms with van der Waals surface area (Å²) >= 11 is 4.80. The first kappa shape index (κ1) is 12.8. The van der Waals surface area contributed by atoms with Gasteiger partial charge in [0.15, 0.2) is 5.84 Å². The number of aromatic nitrogens is 2. The molecule has 92 valence electrons. The third kappa shape index (κ3) is 2.80. The Labute approximate surface area is 116 Å². The van der Waals surface area contributed by atoms with Crippen molar-refractivity contribution < 1.29 is 5.21 Å². The highest BCUT2D eigenvalue weighted by Crippen LogP contribution is 2.32. The smallest absolute Gasteiger partial charge is 0.172 e. The lowest BCUT2D eigenvalue weighted by atomic mass is 10.2. The molecule has 0 unspecified atom stereocenters. The maximum absolute atomic E-state index is 8.81. The summed E-state index contributed by atoms with van der Waals surface area (Å²) in [6.07, 6.45) is 3.14. The normalized spacial score (nSPS) is 11.5. The highest BCUT2D eigenvalue weighted by atomic mass is 79.9. The van der Waals surface area contributed by atoms with Crippen molar-refractivity contribution in [1.29, 1.82) is 0 Å². The van der Waals surface area contributed by atoms with E-state index < -0.39 is 0 Å². The SMILES string of the molecule is N/C(=N/O)c1c(Br)cccc1Sc1ccncn1. The molecule has 0 fully saturated rings. The Kier molecular flexibility index (Phi) is 4.16. The minimum atomic E-state index is 0.0547. The zero-order chi connectivity index (χ0) is 13.0. The van der Waals surface area contributed by atoms with E-state index in [0.717, 1.165) is 14.4 Å². The molecule has 1 aromatic carbocycles. The van der Waals surface area contributed by atoms with Gasteiger partial charge in [0.1, 0.15) is 11.4 Å². The molecule has 0 aliphatic carbocycles. The Balaban J connectivity index is 2.42. The van der Waals surface area contributed by atoms with Crippen molar-refractivity contribution in [1.82, 2.24) is 9.97 Å². The van der Waals surface area contributed by atoms with Gasteiger partial charge < -0.3 is 10.9 Å². The monoisotopic (exact) mass is 324 g/mol. The van der Waals surface area contributed by atoms with Crippen molar-refractivity contribution in [2.45, 2.75) is 9.92 Å². The summed E-state index contributed by atoms with van der Waals surface area (Å²) in [6.45, 7) is 0. The van der Waals surface area contributed by atoms with Gasteiger partial charge in [0.2, 0.25) is 0 Å². The van der Waals surface area contributed by atoms with Gasteiger partial charge in [0.05, 0.1) is 0 Å². The fraction of sp³-hybridized carbons (Fsp3) is 0. The molecule has 0 aliphatic rings. The summed E-state index contributed by atoms with van der Waals surface area (Å²) in [5, 5.41) is 12.6. The van der Waals surface area contributed by atoms with E-state index in [2.05, 4.69) is 31.1 Å². The number of amidine groups is 1. The first-order valence-electron chi connectivity index (χ1n) is 4.92. The van der Waals surface area contributed by atoms with Crippen molar-refractivity contribution in [2.75, 3.05) is 0 Å². The van der Waals surface area contributed by atoms with Gasteiger partial charge >= 0.3 is 0 Å². The maximum atomic E-state index is 8.81. The molecule has 7 heteroatoms. The van der Waals surface area contributed by atoms with Gasteiger partial charge in [-0.05, 0) is 34.1 Å². The minimum absolute atomic E-state index is 0.0547. The van der Waals surface area contributed by atoms with E-state index in [4.69, 9.17) is 10.9 Å². The van der Waals surface area contributed by atoms with E-state index in [-0.39, 0.29) is 5.84 Å². The molecule has 0 saturated carbocycles. The molecule has 18 heavy (non-hydrogen) atoms. The van der Waals surface area contributed by atoms with E-state index in [0.29, 0.717) is 5.56 Å². The average Bonchev–Trinajstić information content (AvgIpc) is 2.39. The first-order chi connectivity index (χ1) is 8.72. The Morgan fingerprint density at radius 2 is 2.22 bits per heavy atom. The molecule has 0 aliphatic heterocycles. The second-order valence-electron chi connectivity index (χ2n) is 3.25. The molecule has 1 aromatic heterocycles. The van der Waals surface area contributed by atoms with Crippen molar-refractivity contribution in [3.63, 3.8) is 0 Å². The zero-order valence-electron chi connectivity index (χ0n) is 9.12. The summed E-state index contributed by atoms with van der Waals surface area (Å²) in [7, 11) is 0. The molecule has 1 heterocycles. The van der Waals surface area contributed by atoms with Gasteiger partial charge in [0.25, 0.3) is 0 Å². The minimum Gasteiger partial charge on any atom is -0.409 e. The zero-order valence-corrected chi connectivity index (χ0v) is 11.5. The number of rotatable bonds is 3. The summed E-state index contributed by atoms with van der Waals surface area (Å²) in [4.78, 5) is 8.83. The van der Waals surface area contributed by atoms with Crippen LogP contribution in [0.5, 0.6) is 0 Å². The molecule has 0 spiro atoms. The lowest BCUT2D eigenvalue weighted by Gasteiger charge is -2.09. The van der Waals surface area contributed by atoms with Crippen LogP contribution in [-0.4, -0.2) is 21.0 Å². The fourth-order valence-corrected chi connectivity index (χ4v) is 2.96. The fourth-order valence-electron chi connectivity index (χ4n) is 1.34. The van der Waals surface area contributed by atoms with Gasteiger partial charge in [0, 0.05) is 21.1 Å². The third-order valence-corrected chi connectivity index (χ3v) is 3.78. The van der Waals surface area contributed by atoms with Gasteiger partial charge in [-0.2, -0.15) is 0 Å². The van der Waals surface area contributed by atoms with E-state index in [9.17, 15) is 0 Å². The van der Waals surface area contributed by atoms with Crippen LogP contribution in [0.3, 0.4) is 0 Å². The number of nitrogens with two attached hydrogens (primary N) is 1. The topological polar surface area (TPSA) is 84.4 Å². The van der Waals surface area contributed by atoms with Crippen LogP contribution in [0.25, 0.3) is 0 Å². The van der Waals surface area contributed by atoms with Gasteiger partial charge in [-0.3, -0.25) is 0 Å². The van der Waals surface area contributed by atoms with Crippen LogP contribution in [0.15, 0.2) is 56.3 Å². The molecule has 0 saturated heterocycles. The molecule has 0 atom stereocenters. The van der Waals surface area contributed by atoms with Crippen LogP contribution in [0.1, 0.15) is 5.56 Å². The second-order valence-corrected chi connectivity index (χ2v) is 5.16. The van der Waals surface area contributed by atoms with E-state index in [1.54, 1.807) is 12.3 Å². The molecular formula is C11H9BrN4OS. The van der Waals surface area contributed by atoms with Crippen LogP contribution in [0, 0.1) is 0 Å². The molecule has 2 rings (SSSR count). The quantitative estimate of drug-likeness (QED) is 0.298. The predicted molar refractivity (Wildman–Crippen MR) is 72.8 cm³/mol. The Morgan fingerprint density at radius 1 is 1.39 bits per heavy atom. The highest BCUT2D eigenvalue weighted by Gasteiger charge is 2.12. The van der Waals surface area contributed by atoms with Crippen LogP contribution in [0.4, 0.5) is 0 Å². The van der Waals surface area contributed by atoms with E-state index >= 15 is 0 Å². The number of hydrogen-bond acceptors (Lipinski definition) is 5. The van der Waals surface area contributed by atoms with E-state index in [1.165, 1.54) is 18.1 Å². The molecule has 3 N–H and O–H groups in total. The van der Waals surface area contributed by atoms with Crippen molar-refractivity contribution in [3.05, 3.63) is 46.8 Å². The standard InChI is InChI=1S/C11H9BrN4OS/c12-7-2-1-3-8(10(7)11(13)16-17)18-9-4-5-14-6-15-9/h1-6,17H,(H2,13,16). The van der Waals surface area contributed by atoms with Crippen LogP contribution in [0.2, 0.25) is 0 Å². The van der Waals surface area contributed by atoms with Crippen molar-refractivity contribution in [2.24, 2.45) is 10.9 Å². The highest BCUT2D eigenvalue weighted by molar-refractivity contribution is 9.10. The van der Waals surface area contributed by atoms with Crippen LogP contribution in [-0.2, 0) is 0 Å². The van der Waals surface area contributed by atoms with E-state index in [1.807, 2.05) is 18.2 Å². The second kappa shape index (κ2) is 5.83. The number of halogens is 1. The van der Waals surface area contributed by atoms with Gasteiger partial charge in [-0.1, -0.05) is 23.0 Å². The number of oxime groups is 1. The number of nitrogens with zero attached hydrogens (tertiary/aromatic N) is 3. The Hall–Kier alpha value is -1.60. The lowest BCUT2D eigenvalue weighted by Crippen LogP contribution is -2.15. The largest absolute Gasteiger partial charge is 0.409 e. The number of benzene rings is 1. The summed E-state index contributed by atoms with van der Waals surface area (Å²) in [6, 6.07) is 7.38. The maximum Gasteiger partial charge on any atom is 0.172 e. The molecule has 5 nitrogen and oxygen atoms in total. The Morgan fingerprint density at radius 3 is 2.89 bits per heavy atom. The molecule has 2 aromatic rings. The summed E-state index contributed by atoms with van der Waals surface area (Å²) in [5.74, 6) is 0.0547. The first-order valence-corrected chi connectivity index (χ1v) is 6.53. The lowest BCUT2D eigenvalue weighted by molar-refractivity contribution is 0.318. The molecule has 0 bridgehead atoms. The van der Waals surface area contributed by atoms with Gasteiger partial charge in [-0.25, -0.2) is 9.97 Å². The molecular weight excluding hydrogens is 316 g/mol. The summed E-state index contributed by atoms with van der Waals surface area (Å²) in [5.41, 5.74) is 6.32. The van der Waals surface area contributed by atoms with Crippen LogP contribution < -0.4 is 5.73 Å². The molecule has 0 radical (unpaired) electrons. The summed E-state index contributed by atoms with van der Waals surface area (Å²) < 4.78 is 0.761.